The van der Waals surface area contributed by atoms with Crippen LogP contribution in [0.1, 0.15) is 32.4 Å². The van der Waals surface area contributed by atoms with Crippen LogP contribution in [0.3, 0.4) is 0 Å². The van der Waals surface area contributed by atoms with Crippen LogP contribution in [0.15, 0.2) is 12.4 Å². The van der Waals surface area contributed by atoms with Gasteiger partial charge in [-0.3, -0.25) is 4.79 Å². The van der Waals surface area contributed by atoms with E-state index in [0.29, 0.717) is 18.9 Å². The van der Waals surface area contributed by atoms with E-state index in [2.05, 4.69) is 29.1 Å². The highest BCUT2D eigenvalue weighted by atomic mass is 16.4. The minimum absolute atomic E-state index is 0.178. The van der Waals surface area contributed by atoms with Crippen molar-refractivity contribution in [3.63, 3.8) is 0 Å². The van der Waals surface area contributed by atoms with Crippen LogP contribution in [0.4, 0.5) is 5.82 Å². The lowest BCUT2D eigenvalue weighted by molar-refractivity contribution is -0.137. The van der Waals surface area contributed by atoms with Crippen molar-refractivity contribution in [1.82, 2.24) is 9.97 Å². The molecule has 0 fully saturated rings. The van der Waals surface area contributed by atoms with Gasteiger partial charge in [0.25, 0.3) is 0 Å². The molecule has 0 aliphatic rings. The minimum atomic E-state index is -0.769. The molecule has 0 radical (unpaired) electrons. The predicted molar refractivity (Wildman–Crippen MR) is 65.9 cm³/mol. The Hall–Kier alpha value is -1.65. The van der Waals surface area contributed by atoms with E-state index in [-0.39, 0.29) is 6.42 Å². The van der Waals surface area contributed by atoms with Crippen molar-refractivity contribution in [3.05, 3.63) is 18.1 Å². The molecule has 0 aliphatic heterocycles. The summed E-state index contributed by atoms with van der Waals surface area (Å²) in [5, 5.41) is 11.6. The molecule has 1 aromatic rings. The molecule has 5 heteroatoms. The van der Waals surface area contributed by atoms with Crippen molar-refractivity contribution in [3.8, 4) is 0 Å². The number of aromatic nitrogens is 2. The van der Waals surface area contributed by atoms with Crippen LogP contribution in [0, 0.1) is 5.92 Å². The van der Waals surface area contributed by atoms with Crippen LogP contribution in [-0.4, -0.2) is 27.6 Å². The Morgan fingerprint density at radius 1 is 1.47 bits per heavy atom. The standard InChI is InChI=1S/C12H19N3O2/c1-9(2)6-10-7-11(15-8-14-10)13-5-3-4-12(16)17/h7-9H,3-6H2,1-2H3,(H,16,17)(H,13,14,15). The molecule has 0 spiro atoms. The molecule has 0 aliphatic carbocycles. The molecular weight excluding hydrogens is 218 g/mol. The number of nitrogens with zero attached hydrogens (tertiary/aromatic N) is 2. The maximum absolute atomic E-state index is 10.3. The zero-order valence-corrected chi connectivity index (χ0v) is 10.3. The van der Waals surface area contributed by atoms with Crippen molar-refractivity contribution in [2.75, 3.05) is 11.9 Å². The molecule has 94 valence electrons. The first-order valence-electron chi connectivity index (χ1n) is 5.84. The summed E-state index contributed by atoms with van der Waals surface area (Å²) in [6, 6.07) is 1.92. The zero-order valence-electron chi connectivity index (χ0n) is 10.3. The number of aliphatic carboxylic acids is 1. The van der Waals surface area contributed by atoms with Gasteiger partial charge in [-0.2, -0.15) is 0 Å². The summed E-state index contributed by atoms with van der Waals surface area (Å²) in [4.78, 5) is 18.6. The number of anilines is 1. The van der Waals surface area contributed by atoms with E-state index in [0.717, 1.165) is 17.9 Å². The predicted octanol–water partition coefficient (Wildman–Crippen LogP) is 1.95. The van der Waals surface area contributed by atoms with Crippen LogP contribution < -0.4 is 5.32 Å². The van der Waals surface area contributed by atoms with Crippen LogP contribution >= 0.6 is 0 Å². The molecule has 0 saturated heterocycles. The molecule has 0 saturated carbocycles. The van der Waals surface area contributed by atoms with Gasteiger partial charge in [-0.25, -0.2) is 9.97 Å². The summed E-state index contributed by atoms with van der Waals surface area (Å²) in [5.74, 6) is 0.556. The third kappa shape index (κ3) is 5.85. The van der Waals surface area contributed by atoms with Gasteiger partial charge in [-0.1, -0.05) is 13.8 Å². The largest absolute Gasteiger partial charge is 0.481 e. The number of carboxylic acid groups (broad SMARTS) is 1. The highest BCUT2D eigenvalue weighted by Crippen LogP contribution is 2.09. The second kappa shape index (κ2) is 6.83. The molecule has 0 bridgehead atoms. The van der Waals surface area contributed by atoms with Crippen LogP contribution in [0.5, 0.6) is 0 Å². The van der Waals surface area contributed by atoms with E-state index in [1.165, 1.54) is 6.33 Å². The van der Waals surface area contributed by atoms with E-state index in [4.69, 9.17) is 5.11 Å². The Kier molecular flexibility index (Phi) is 5.39. The number of hydrogen-bond donors (Lipinski definition) is 2. The maximum Gasteiger partial charge on any atom is 0.303 e. The van der Waals surface area contributed by atoms with Gasteiger partial charge in [-0.15, -0.1) is 0 Å². The van der Waals surface area contributed by atoms with Crippen molar-refractivity contribution in [1.29, 1.82) is 0 Å². The number of hydrogen-bond acceptors (Lipinski definition) is 4. The first-order valence-corrected chi connectivity index (χ1v) is 5.84. The van der Waals surface area contributed by atoms with Gasteiger partial charge in [0.2, 0.25) is 0 Å². The quantitative estimate of drug-likeness (QED) is 0.709. The number of carboxylic acids is 1. The third-order valence-corrected chi connectivity index (χ3v) is 2.21. The van der Waals surface area contributed by atoms with E-state index in [1.807, 2.05) is 6.07 Å². The fourth-order valence-electron chi connectivity index (χ4n) is 1.48. The average Bonchev–Trinajstić information content (AvgIpc) is 2.24. The summed E-state index contributed by atoms with van der Waals surface area (Å²) in [6.07, 6.45) is 3.24. The SMILES string of the molecule is CC(C)Cc1cc(NCCCC(=O)O)ncn1. The average molecular weight is 237 g/mol. The Balaban J connectivity index is 2.40. The minimum Gasteiger partial charge on any atom is -0.481 e. The fraction of sp³-hybridized carbons (Fsp3) is 0.583. The summed E-state index contributed by atoms with van der Waals surface area (Å²) in [5.41, 5.74) is 1.01. The second-order valence-electron chi connectivity index (χ2n) is 4.42. The van der Waals surface area contributed by atoms with Crippen LogP contribution in [-0.2, 0) is 11.2 Å². The summed E-state index contributed by atoms with van der Waals surface area (Å²) in [6.45, 7) is 4.90. The normalized spacial score (nSPS) is 10.5. The number of carbonyl (C=O) groups is 1. The molecule has 0 amide bonds. The lowest BCUT2D eigenvalue weighted by Gasteiger charge is -2.07. The molecule has 5 nitrogen and oxygen atoms in total. The lowest BCUT2D eigenvalue weighted by atomic mass is 10.1. The molecule has 0 unspecified atom stereocenters. The van der Waals surface area contributed by atoms with Gasteiger partial charge in [0.1, 0.15) is 12.1 Å². The molecule has 1 heterocycles. The van der Waals surface area contributed by atoms with Gasteiger partial charge in [0.05, 0.1) is 0 Å². The first kappa shape index (κ1) is 13.4. The van der Waals surface area contributed by atoms with Crippen molar-refractivity contribution >= 4 is 11.8 Å². The summed E-state index contributed by atoms with van der Waals surface area (Å²) < 4.78 is 0. The molecule has 1 rings (SSSR count). The van der Waals surface area contributed by atoms with Crippen molar-refractivity contribution in [2.45, 2.75) is 33.1 Å². The van der Waals surface area contributed by atoms with Crippen molar-refractivity contribution < 1.29 is 9.90 Å². The van der Waals surface area contributed by atoms with Crippen molar-refractivity contribution in [2.24, 2.45) is 5.92 Å². The molecule has 2 N–H and O–H groups in total. The topological polar surface area (TPSA) is 75.1 Å². The van der Waals surface area contributed by atoms with Crippen LogP contribution in [0.25, 0.3) is 0 Å². The second-order valence-corrected chi connectivity index (χ2v) is 4.42. The van der Waals surface area contributed by atoms with Gasteiger partial charge in [-0.05, 0) is 18.8 Å². The van der Waals surface area contributed by atoms with E-state index < -0.39 is 5.97 Å². The van der Waals surface area contributed by atoms with E-state index >= 15 is 0 Å². The van der Waals surface area contributed by atoms with Gasteiger partial charge in [0, 0.05) is 24.7 Å². The van der Waals surface area contributed by atoms with Gasteiger partial charge >= 0.3 is 5.97 Å². The maximum atomic E-state index is 10.3. The highest BCUT2D eigenvalue weighted by molar-refractivity contribution is 5.66. The molecule has 0 aromatic carbocycles. The van der Waals surface area contributed by atoms with Crippen LogP contribution in [0.2, 0.25) is 0 Å². The Labute approximate surface area is 101 Å². The highest BCUT2D eigenvalue weighted by Gasteiger charge is 2.02. The molecule has 1 aromatic heterocycles. The Bertz CT molecular complexity index is 367. The smallest absolute Gasteiger partial charge is 0.303 e. The van der Waals surface area contributed by atoms with Gasteiger partial charge < -0.3 is 10.4 Å². The summed E-state index contributed by atoms with van der Waals surface area (Å²) >= 11 is 0. The monoisotopic (exact) mass is 237 g/mol. The third-order valence-electron chi connectivity index (χ3n) is 2.21. The summed E-state index contributed by atoms with van der Waals surface area (Å²) in [7, 11) is 0. The van der Waals surface area contributed by atoms with E-state index in [1.54, 1.807) is 0 Å². The fourth-order valence-corrected chi connectivity index (χ4v) is 1.48. The molecule has 0 atom stereocenters. The zero-order chi connectivity index (χ0) is 12.7. The lowest BCUT2D eigenvalue weighted by Crippen LogP contribution is -2.07. The molecular formula is C12H19N3O2. The number of nitrogens with one attached hydrogen (secondary N) is 1. The van der Waals surface area contributed by atoms with E-state index in [9.17, 15) is 4.79 Å². The Morgan fingerprint density at radius 2 is 2.24 bits per heavy atom. The first-order chi connectivity index (χ1) is 8.08. The number of rotatable bonds is 7. The molecule has 17 heavy (non-hydrogen) atoms. The van der Waals surface area contributed by atoms with Gasteiger partial charge in [0.15, 0.2) is 0 Å². The Morgan fingerprint density at radius 3 is 2.88 bits per heavy atom.